The summed E-state index contributed by atoms with van der Waals surface area (Å²) in [4.78, 5) is 54.1. The first-order valence-corrected chi connectivity index (χ1v) is 13.0. The summed E-state index contributed by atoms with van der Waals surface area (Å²) in [6.45, 7) is 1.53. The molecule has 0 radical (unpaired) electrons. The highest BCUT2D eigenvalue weighted by atomic mass is 32.2. The van der Waals surface area contributed by atoms with Crippen molar-refractivity contribution in [3.05, 3.63) is 35.9 Å². The van der Waals surface area contributed by atoms with Crippen molar-refractivity contribution in [2.24, 2.45) is 0 Å². The zero-order valence-corrected chi connectivity index (χ0v) is 20.5. The summed E-state index contributed by atoms with van der Waals surface area (Å²) in [5.41, 5.74) is 0.831. The minimum Gasteiger partial charge on any atom is -0.459 e. The van der Waals surface area contributed by atoms with Crippen LogP contribution in [-0.4, -0.2) is 68.4 Å². The second-order valence-electron chi connectivity index (χ2n) is 8.94. The normalized spacial score (nSPS) is 24.1. The van der Waals surface area contributed by atoms with Gasteiger partial charge in [0.1, 0.15) is 18.7 Å². The molecule has 2 unspecified atom stereocenters. The molecule has 1 N–H and O–H groups in total. The van der Waals surface area contributed by atoms with Gasteiger partial charge in [-0.1, -0.05) is 67.8 Å². The maximum atomic E-state index is 13.7. The molecule has 2 heterocycles. The van der Waals surface area contributed by atoms with E-state index in [0.717, 1.165) is 49.4 Å². The first kappa shape index (κ1) is 26.2. The van der Waals surface area contributed by atoms with Crippen molar-refractivity contribution >= 4 is 34.7 Å². The van der Waals surface area contributed by atoms with Crippen LogP contribution in [0.2, 0.25) is 0 Å². The number of amides is 2. The number of hydrogen-bond acceptors (Lipinski definition) is 7. The van der Waals surface area contributed by atoms with E-state index in [1.165, 1.54) is 16.7 Å². The highest BCUT2D eigenvalue weighted by Gasteiger charge is 2.44. The maximum Gasteiger partial charge on any atom is 0.329 e. The predicted octanol–water partition coefficient (Wildman–Crippen LogP) is 2.87. The Hall–Kier alpha value is -2.39. The van der Waals surface area contributed by atoms with Crippen LogP contribution in [0, 0.1) is 0 Å². The number of carbonyl (C=O) groups is 4. The molecule has 0 bridgehead atoms. The van der Waals surface area contributed by atoms with E-state index in [1.807, 2.05) is 30.3 Å². The molecule has 8 nitrogen and oxygen atoms in total. The van der Waals surface area contributed by atoms with Crippen molar-refractivity contribution in [3.63, 3.8) is 0 Å². The average Bonchev–Trinajstić information content (AvgIpc) is 3.22. The lowest BCUT2D eigenvalue weighted by Crippen LogP contribution is -2.53. The largest absolute Gasteiger partial charge is 0.459 e. The molecule has 34 heavy (non-hydrogen) atoms. The van der Waals surface area contributed by atoms with Crippen molar-refractivity contribution in [2.45, 2.75) is 83.1 Å². The van der Waals surface area contributed by atoms with E-state index in [9.17, 15) is 24.3 Å². The van der Waals surface area contributed by atoms with Gasteiger partial charge in [0, 0.05) is 26.3 Å². The molecular weight excluding hydrogens is 456 g/mol. The van der Waals surface area contributed by atoms with Crippen molar-refractivity contribution in [2.75, 3.05) is 12.4 Å². The van der Waals surface area contributed by atoms with Crippen LogP contribution in [0.15, 0.2) is 30.3 Å². The minimum atomic E-state index is -0.904. The third-order valence-electron chi connectivity index (χ3n) is 6.31. The molecule has 0 aliphatic carbocycles. The highest BCUT2D eigenvalue weighted by Crippen LogP contribution is 2.26. The van der Waals surface area contributed by atoms with E-state index < -0.39 is 24.2 Å². The van der Waals surface area contributed by atoms with Gasteiger partial charge in [0.05, 0.1) is 12.0 Å². The lowest BCUT2D eigenvalue weighted by atomic mass is 10.0. The Kier molecular flexibility index (Phi) is 9.95. The molecule has 2 aliphatic heterocycles. The molecular formula is C25H34N2O6S. The van der Waals surface area contributed by atoms with Crippen LogP contribution in [0.1, 0.15) is 63.9 Å². The zero-order chi connectivity index (χ0) is 24.5. The lowest BCUT2D eigenvalue weighted by molar-refractivity contribution is -0.157. The molecule has 9 heteroatoms. The minimum absolute atomic E-state index is 0.0162. The number of ether oxygens (including phenoxy) is 1. The molecule has 186 valence electrons. The van der Waals surface area contributed by atoms with Gasteiger partial charge in [0.2, 0.25) is 11.8 Å². The Balaban J connectivity index is 1.76. The topological polar surface area (TPSA) is 104 Å². The van der Waals surface area contributed by atoms with Gasteiger partial charge in [0.25, 0.3) is 0 Å². The summed E-state index contributed by atoms with van der Waals surface area (Å²) < 4.78 is 5.46. The van der Waals surface area contributed by atoms with Crippen LogP contribution in [0.3, 0.4) is 0 Å². The number of benzene rings is 1. The standard InChI is InChI=1S/C25H34N2O6S/c1-18(28)34-17-27-21(12-8-3-2-4-9-13-23(27)30)24(31)26-15-20(29)14-22(26)25(32)33-16-19-10-6-5-7-11-19/h5-7,10-11,20-22,29H,2-4,8-9,12-17H2,1H3/t20?,21?,22-/m0/s1. The smallest absolute Gasteiger partial charge is 0.329 e. The Morgan fingerprint density at radius 2 is 1.76 bits per heavy atom. The van der Waals surface area contributed by atoms with Gasteiger partial charge < -0.3 is 19.6 Å². The van der Waals surface area contributed by atoms with Gasteiger partial charge >= 0.3 is 5.97 Å². The molecule has 2 aliphatic rings. The Morgan fingerprint density at radius 3 is 2.50 bits per heavy atom. The van der Waals surface area contributed by atoms with E-state index >= 15 is 0 Å². The zero-order valence-electron chi connectivity index (χ0n) is 19.7. The summed E-state index contributed by atoms with van der Waals surface area (Å²) in [6.07, 6.45) is 4.49. The molecule has 3 rings (SSSR count). The van der Waals surface area contributed by atoms with Crippen molar-refractivity contribution < 1.29 is 29.0 Å². The van der Waals surface area contributed by atoms with E-state index in [1.54, 1.807) is 0 Å². The van der Waals surface area contributed by atoms with Gasteiger partial charge in [-0.25, -0.2) is 4.79 Å². The SMILES string of the molecule is CC(=O)SCN1C(=O)CCCCCCCC1C(=O)N1CC(O)C[C@H]1C(=O)OCc1ccccc1. The summed E-state index contributed by atoms with van der Waals surface area (Å²) in [5.74, 6) is -0.984. The predicted molar refractivity (Wildman–Crippen MR) is 128 cm³/mol. The van der Waals surface area contributed by atoms with Crippen LogP contribution >= 0.6 is 11.8 Å². The van der Waals surface area contributed by atoms with E-state index in [-0.39, 0.29) is 42.4 Å². The number of rotatable bonds is 6. The van der Waals surface area contributed by atoms with Crippen LogP contribution in [-0.2, 0) is 30.5 Å². The van der Waals surface area contributed by atoms with Crippen LogP contribution in [0.4, 0.5) is 0 Å². The van der Waals surface area contributed by atoms with Crippen LogP contribution < -0.4 is 0 Å². The lowest BCUT2D eigenvalue weighted by Gasteiger charge is -2.35. The van der Waals surface area contributed by atoms with Gasteiger partial charge in [0.15, 0.2) is 5.12 Å². The molecule has 1 aromatic carbocycles. The van der Waals surface area contributed by atoms with Crippen molar-refractivity contribution in [3.8, 4) is 0 Å². The highest BCUT2D eigenvalue weighted by molar-refractivity contribution is 8.13. The monoisotopic (exact) mass is 490 g/mol. The number of esters is 1. The van der Waals surface area contributed by atoms with Crippen molar-refractivity contribution in [1.82, 2.24) is 9.80 Å². The van der Waals surface area contributed by atoms with Gasteiger partial charge in [-0.3, -0.25) is 14.4 Å². The fourth-order valence-corrected chi connectivity index (χ4v) is 5.14. The second-order valence-corrected chi connectivity index (χ2v) is 10.1. The van der Waals surface area contributed by atoms with E-state index in [2.05, 4.69) is 0 Å². The van der Waals surface area contributed by atoms with Gasteiger partial charge in [-0.15, -0.1) is 0 Å². The Morgan fingerprint density at radius 1 is 1.06 bits per heavy atom. The molecule has 2 saturated heterocycles. The van der Waals surface area contributed by atoms with E-state index in [0.29, 0.717) is 12.8 Å². The summed E-state index contributed by atoms with van der Waals surface area (Å²) in [5, 5.41) is 10.2. The van der Waals surface area contributed by atoms with Crippen LogP contribution in [0.25, 0.3) is 0 Å². The number of aliphatic hydroxyl groups excluding tert-OH is 1. The van der Waals surface area contributed by atoms with E-state index in [4.69, 9.17) is 4.74 Å². The van der Waals surface area contributed by atoms with Gasteiger partial charge in [-0.05, 0) is 18.4 Å². The fourth-order valence-electron chi connectivity index (χ4n) is 4.49. The quantitative estimate of drug-likeness (QED) is 0.612. The molecule has 1 aromatic rings. The number of aliphatic hydroxyl groups is 1. The molecule has 2 fully saturated rings. The molecule has 0 saturated carbocycles. The first-order chi connectivity index (χ1) is 16.4. The Labute approximate surface area is 205 Å². The first-order valence-electron chi connectivity index (χ1n) is 12.0. The third-order valence-corrected chi connectivity index (χ3v) is 7.13. The molecule has 0 spiro atoms. The fraction of sp³-hybridized carbons (Fsp3) is 0.600. The number of likely N-dealkylation sites (tertiary alicyclic amines) is 1. The van der Waals surface area contributed by atoms with Crippen LogP contribution in [0.5, 0.6) is 0 Å². The number of β-amino-alcohol motifs (C(OH)–C–C–N with tert-alkyl or cyclic N) is 1. The summed E-state index contributed by atoms with van der Waals surface area (Å²) in [7, 11) is 0. The Bertz CT molecular complexity index is 864. The molecule has 2 amide bonds. The second kappa shape index (κ2) is 12.9. The third kappa shape index (κ3) is 7.30. The van der Waals surface area contributed by atoms with Crippen molar-refractivity contribution in [1.29, 1.82) is 0 Å². The summed E-state index contributed by atoms with van der Waals surface area (Å²) in [6, 6.07) is 7.58. The number of carbonyl (C=O) groups excluding carboxylic acids is 4. The van der Waals surface area contributed by atoms with Gasteiger partial charge in [-0.2, -0.15) is 0 Å². The number of hydrogen-bond donors (Lipinski definition) is 1. The number of thioether (sulfide) groups is 1. The number of nitrogens with zero attached hydrogens (tertiary/aromatic N) is 2. The maximum absolute atomic E-state index is 13.7. The molecule has 0 aromatic heterocycles. The average molecular weight is 491 g/mol. The summed E-state index contributed by atoms with van der Waals surface area (Å²) >= 11 is 1.00. The molecule has 3 atom stereocenters.